The summed E-state index contributed by atoms with van der Waals surface area (Å²) in [5.74, 6) is -0.289. The van der Waals surface area contributed by atoms with Gasteiger partial charge in [0.15, 0.2) is 0 Å². The van der Waals surface area contributed by atoms with Crippen molar-refractivity contribution in [3.05, 3.63) is 29.8 Å². The highest BCUT2D eigenvalue weighted by atomic mass is 16.5. The third-order valence-electron chi connectivity index (χ3n) is 2.23. The van der Waals surface area contributed by atoms with E-state index in [-0.39, 0.29) is 18.3 Å². The number of hydrogen-bond acceptors (Lipinski definition) is 4. The maximum atomic E-state index is 10.5. The molecule has 0 radical (unpaired) electrons. The fourth-order valence-corrected chi connectivity index (χ4v) is 1.48. The number of rotatable bonds is 3. The monoisotopic (exact) mass is 221 g/mol. The number of aliphatic carboxylic acids is 1. The average molecular weight is 221 g/mol. The molecule has 1 aromatic carbocycles. The molecule has 1 unspecified atom stereocenters. The number of benzene rings is 1. The molecule has 1 atom stereocenters. The molecule has 0 aliphatic carbocycles. The summed E-state index contributed by atoms with van der Waals surface area (Å²) >= 11 is 0. The zero-order valence-electron chi connectivity index (χ0n) is 8.46. The number of hydrogen-bond donors (Lipinski definition) is 2. The molecule has 16 heavy (non-hydrogen) atoms. The van der Waals surface area contributed by atoms with E-state index in [1.807, 2.05) is 0 Å². The van der Waals surface area contributed by atoms with E-state index in [0.29, 0.717) is 12.4 Å². The van der Waals surface area contributed by atoms with E-state index in [4.69, 9.17) is 14.9 Å². The minimum absolute atomic E-state index is 0.0505. The van der Waals surface area contributed by atoms with Crippen LogP contribution in [0, 0.1) is 0 Å². The summed E-state index contributed by atoms with van der Waals surface area (Å²) in [6, 6.07) is 6.42. The molecule has 2 rings (SSSR count). The molecule has 0 spiro atoms. The Balaban J connectivity index is 2.03. The Bertz CT molecular complexity index is 424. The van der Waals surface area contributed by atoms with Crippen molar-refractivity contribution >= 4 is 11.9 Å². The average Bonchev–Trinajstić information content (AvgIpc) is 2.66. The first kappa shape index (κ1) is 10.5. The Morgan fingerprint density at radius 2 is 2.12 bits per heavy atom. The molecule has 1 aliphatic heterocycles. The van der Waals surface area contributed by atoms with Gasteiger partial charge in [-0.15, -0.1) is 0 Å². The predicted molar refractivity (Wildman–Crippen MR) is 56.6 cm³/mol. The fourth-order valence-electron chi connectivity index (χ4n) is 1.48. The standard InChI is InChI=1S/C11H11NO4/c13-8-3-1-7(2-4-8)11-12-6-9(16-11)5-10(14)15/h1-4,9,13H,5-6H2,(H,14,15). The van der Waals surface area contributed by atoms with Gasteiger partial charge < -0.3 is 14.9 Å². The largest absolute Gasteiger partial charge is 0.508 e. The highest BCUT2D eigenvalue weighted by Gasteiger charge is 2.23. The molecule has 2 N–H and O–H groups in total. The molecule has 0 fully saturated rings. The molecule has 1 heterocycles. The summed E-state index contributed by atoms with van der Waals surface area (Å²) < 4.78 is 5.39. The molecule has 0 saturated heterocycles. The van der Waals surface area contributed by atoms with Crippen LogP contribution in [0.2, 0.25) is 0 Å². The number of phenols is 1. The number of carbonyl (C=O) groups is 1. The van der Waals surface area contributed by atoms with Crippen LogP contribution in [-0.4, -0.2) is 34.7 Å². The van der Waals surface area contributed by atoms with Gasteiger partial charge in [-0.3, -0.25) is 4.79 Å². The van der Waals surface area contributed by atoms with Crippen LogP contribution < -0.4 is 0 Å². The van der Waals surface area contributed by atoms with Gasteiger partial charge in [0.25, 0.3) is 0 Å². The van der Waals surface area contributed by atoms with E-state index in [1.54, 1.807) is 12.1 Å². The first-order valence-electron chi connectivity index (χ1n) is 4.87. The minimum atomic E-state index is -0.896. The van der Waals surface area contributed by atoms with Crippen molar-refractivity contribution < 1.29 is 19.7 Å². The lowest BCUT2D eigenvalue weighted by Crippen LogP contribution is -2.17. The van der Waals surface area contributed by atoms with Crippen LogP contribution in [0.25, 0.3) is 0 Å². The summed E-state index contributed by atoms with van der Waals surface area (Å²) in [7, 11) is 0. The second kappa shape index (κ2) is 4.22. The SMILES string of the molecule is O=C(O)CC1CN=C(c2ccc(O)cc2)O1. The number of nitrogens with zero attached hydrogens (tertiary/aromatic N) is 1. The number of aromatic hydroxyl groups is 1. The van der Waals surface area contributed by atoms with Gasteiger partial charge in [-0.25, -0.2) is 4.99 Å². The second-order valence-electron chi connectivity index (χ2n) is 3.53. The van der Waals surface area contributed by atoms with Crippen molar-refractivity contribution in [2.24, 2.45) is 4.99 Å². The van der Waals surface area contributed by atoms with E-state index >= 15 is 0 Å². The number of carboxylic acid groups (broad SMARTS) is 1. The van der Waals surface area contributed by atoms with Gasteiger partial charge in [0.05, 0.1) is 13.0 Å². The molecule has 1 aromatic rings. The quantitative estimate of drug-likeness (QED) is 0.798. The van der Waals surface area contributed by atoms with Crippen LogP contribution in [0.4, 0.5) is 0 Å². The summed E-state index contributed by atoms with van der Waals surface area (Å²) in [6.45, 7) is 0.364. The summed E-state index contributed by atoms with van der Waals surface area (Å²) in [6.07, 6.45) is -0.438. The van der Waals surface area contributed by atoms with Gasteiger partial charge in [0.1, 0.15) is 11.9 Å². The first-order chi connectivity index (χ1) is 7.65. The van der Waals surface area contributed by atoms with Crippen molar-refractivity contribution in [3.63, 3.8) is 0 Å². The summed E-state index contributed by atoms with van der Waals surface area (Å²) in [5.41, 5.74) is 0.741. The van der Waals surface area contributed by atoms with Crippen molar-refractivity contribution in [2.75, 3.05) is 6.54 Å². The Kier molecular flexibility index (Phi) is 2.76. The molecule has 0 aromatic heterocycles. The van der Waals surface area contributed by atoms with Crippen LogP contribution in [0.5, 0.6) is 5.75 Å². The minimum Gasteiger partial charge on any atom is -0.508 e. The molecule has 84 valence electrons. The number of ether oxygens (including phenoxy) is 1. The second-order valence-corrected chi connectivity index (χ2v) is 3.53. The van der Waals surface area contributed by atoms with Gasteiger partial charge in [0.2, 0.25) is 5.90 Å². The van der Waals surface area contributed by atoms with Gasteiger partial charge in [-0.1, -0.05) is 0 Å². The predicted octanol–water partition coefficient (Wildman–Crippen LogP) is 1.01. The Labute approximate surface area is 92.0 Å². The molecule has 0 amide bonds. The van der Waals surface area contributed by atoms with Gasteiger partial charge >= 0.3 is 5.97 Å². The lowest BCUT2D eigenvalue weighted by Gasteiger charge is -2.08. The molecule has 0 bridgehead atoms. The van der Waals surface area contributed by atoms with Crippen molar-refractivity contribution in [1.82, 2.24) is 0 Å². The Hall–Kier alpha value is -2.04. The topological polar surface area (TPSA) is 79.1 Å². The van der Waals surface area contributed by atoms with E-state index in [1.165, 1.54) is 12.1 Å². The summed E-state index contributed by atoms with van der Waals surface area (Å²) in [5, 5.41) is 17.7. The maximum Gasteiger partial charge on any atom is 0.307 e. The first-order valence-corrected chi connectivity index (χ1v) is 4.87. The van der Waals surface area contributed by atoms with Gasteiger partial charge in [-0.05, 0) is 24.3 Å². The lowest BCUT2D eigenvalue weighted by atomic mass is 10.2. The summed E-state index contributed by atoms with van der Waals surface area (Å²) in [4.78, 5) is 14.6. The third kappa shape index (κ3) is 2.31. The van der Waals surface area contributed by atoms with Gasteiger partial charge in [0, 0.05) is 5.56 Å². The van der Waals surface area contributed by atoms with Crippen LogP contribution in [0.15, 0.2) is 29.3 Å². The smallest absolute Gasteiger partial charge is 0.307 e. The molecule has 0 saturated carbocycles. The normalized spacial score (nSPS) is 19.0. The van der Waals surface area contributed by atoms with Crippen LogP contribution >= 0.6 is 0 Å². The van der Waals surface area contributed by atoms with E-state index in [9.17, 15) is 4.79 Å². The van der Waals surface area contributed by atoms with E-state index in [0.717, 1.165) is 5.56 Å². The Morgan fingerprint density at radius 3 is 2.75 bits per heavy atom. The Morgan fingerprint density at radius 1 is 1.44 bits per heavy atom. The highest BCUT2D eigenvalue weighted by Crippen LogP contribution is 2.17. The van der Waals surface area contributed by atoms with Crippen molar-refractivity contribution in [1.29, 1.82) is 0 Å². The van der Waals surface area contributed by atoms with Crippen molar-refractivity contribution in [3.8, 4) is 5.75 Å². The maximum absolute atomic E-state index is 10.5. The number of phenolic OH excluding ortho intramolecular Hbond substituents is 1. The molecule has 5 heteroatoms. The van der Waals surface area contributed by atoms with E-state index in [2.05, 4.69) is 4.99 Å². The number of carboxylic acids is 1. The third-order valence-corrected chi connectivity index (χ3v) is 2.23. The molecule has 5 nitrogen and oxygen atoms in total. The zero-order chi connectivity index (χ0) is 11.5. The van der Waals surface area contributed by atoms with Gasteiger partial charge in [-0.2, -0.15) is 0 Å². The van der Waals surface area contributed by atoms with E-state index < -0.39 is 5.97 Å². The molecule has 1 aliphatic rings. The molecular weight excluding hydrogens is 210 g/mol. The number of aliphatic imine (C=N–C) groups is 1. The fraction of sp³-hybridized carbons (Fsp3) is 0.273. The highest BCUT2D eigenvalue weighted by molar-refractivity contribution is 5.95. The van der Waals surface area contributed by atoms with Crippen LogP contribution in [-0.2, 0) is 9.53 Å². The van der Waals surface area contributed by atoms with Crippen LogP contribution in [0.3, 0.4) is 0 Å². The lowest BCUT2D eigenvalue weighted by molar-refractivity contribution is -0.138. The van der Waals surface area contributed by atoms with Crippen molar-refractivity contribution in [2.45, 2.75) is 12.5 Å². The zero-order valence-corrected chi connectivity index (χ0v) is 8.46. The molecular formula is C11H11NO4. The van der Waals surface area contributed by atoms with Crippen LogP contribution in [0.1, 0.15) is 12.0 Å².